The SMILES string of the molecule is CCCNC1C(CN2CCOCC2C)C(C)(C)OC1(C)C. The third kappa shape index (κ3) is 3.79. The number of ether oxygens (including phenoxy) is 2. The highest BCUT2D eigenvalue weighted by Crippen LogP contribution is 2.42. The van der Waals surface area contributed by atoms with Crippen molar-refractivity contribution in [2.24, 2.45) is 5.92 Å². The van der Waals surface area contributed by atoms with E-state index in [0.29, 0.717) is 18.0 Å². The van der Waals surface area contributed by atoms with Crippen LogP contribution in [0.4, 0.5) is 0 Å². The van der Waals surface area contributed by atoms with Crippen LogP contribution in [0, 0.1) is 5.92 Å². The minimum atomic E-state index is -0.112. The van der Waals surface area contributed by atoms with Gasteiger partial charge in [-0.05, 0) is 47.6 Å². The Labute approximate surface area is 130 Å². The summed E-state index contributed by atoms with van der Waals surface area (Å²) in [5.74, 6) is 0.500. The second-order valence-electron chi connectivity index (χ2n) is 7.77. The number of hydrogen-bond donors (Lipinski definition) is 1. The van der Waals surface area contributed by atoms with Gasteiger partial charge in [0.2, 0.25) is 0 Å². The third-order valence-electron chi connectivity index (χ3n) is 5.12. The summed E-state index contributed by atoms with van der Waals surface area (Å²) in [5.41, 5.74) is -0.203. The molecule has 0 saturated carbocycles. The molecular weight excluding hydrogens is 264 g/mol. The van der Waals surface area contributed by atoms with Gasteiger partial charge in [0, 0.05) is 31.1 Å². The smallest absolute Gasteiger partial charge is 0.0790 e. The molecule has 21 heavy (non-hydrogen) atoms. The van der Waals surface area contributed by atoms with Crippen LogP contribution in [0.1, 0.15) is 48.0 Å². The maximum absolute atomic E-state index is 6.41. The molecule has 0 aliphatic carbocycles. The first-order chi connectivity index (χ1) is 9.78. The normalized spacial score (nSPS) is 36.0. The van der Waals surface area contributed by atoms with E-state index in [9.17, 15) is 0 Å². The van der Waals surface area contributed by atoms with E-state index in [1.54, 1.807) is 0 Å². The summed E-state index contributed by atoms with van der Waals surface area (Å²) in [6.07, 6.45) is 1.16. The molecule has 2 saturated heterocycles. The van der Waals surface area contributed by atoms with E-state index in [4.69, 9.17) is 9.47 Å². The molecule has 0 aromatic carbocycles. The molecule has 4 nitrogen and oxygen atoms in total. The zero-order valence-corrected chi connectivity index (χ0v) is 14.7. The van der Waals surface area contributed by atoms with Crippen molar-refractivity contribution in [1.82, 2.24) is 10.2 Å². The number of morpholine rings is 1. The van der Waals surface area contributed by atoms with E-state index < -0.39 is 0 Å². The molecule has 3 atom stereocenters. The maximum Gasteiger partial charge on any atom is 0.0790 e. The molecule has 2 heterocycles. The van der Waals surface area contributed by atoms with Crippen molar-refractivity contribution in [2.75, 3.05) is 32.8 Å². The zero-order chi connectivity index (χ0) is 15.7. The topological polar surface area (TPSA) is 33.7 Å². The van der Waals surface area contributed by atoms with Crippen LogP contribution < -0.4 is 5.32 Å². The van der Waals surface area contributed by atoms with Crippen LogP contribution in [0.2, 0.25) is 0 Å². The van der Waals surface area contributed by atoms with Crippen molar-refractivity contribution in [1.29, 1.82) is 0 Å². The molecule has 0 radical (unpaired) electrons. The van der Waals surface area contributed by atoms with Crippen LogP contribution in [0.25, 0.3) is 0 Å². The van der Waals surface area contributed by atoms with E-state index in [2.05, 4.69) is 51.8 Å². The molecule has 2 aliphatic rings. The Morgan fingerprint density at radius 1 is 1.19 bits per heavy atom. The van der Waals surface area contributed by atoms with Crippen LogP contribution in [0.5, 0.6) is 0 Å². The van der Waals surface area contributed by atoms with Gasteiger partial charge in [0.1, 0.15) is 0 Å². The number of hydrogen-bond acceptors (Lipinski definition) is 4. The van der Waals surface area contributed by atoms with Gasteiger partial charge >= 0.3 is 0 Å². The summed E-state index contributed by atoms with van der Waals surface area (Å²) in [5, 5.41) is 3.75. The van der Waals surface area contributed by atoms with Crippen molar-refractivity contribution >= 4 is 0 Å². The Balaban J connectivity index is 2.11. The molecule has 4 heteroatoms. The standard InChI is InChI=1S/C17H34N2O2/c1-7-8-18-15-14(16(3,4)21-17(15,5)6)11-19-9-10-20-12-13(19)2/h13-15,18H,7-12H2,1-6H3. The molecule has 1 N–H and O–H groups in total. The maximum atomic E-state index is 6.41. The van der Waals surface area contributed by atoms with Gasteiger partial charge in [-0.3, -0.25) is 4.90 Å². The monoisotopic (exact) mass is 298 g/mol. The van der Waals surface area contributed by atoms with Gasteiger partial charge in [0.25, 0.3) is 0 Å². The van der Waals surface area contributed by atoms with Crippen molar-refractivity contribution < 1.29 is 9.47 Å². The Morgan fingerprint density at radius 2 is 1.90 bits per heavy atom. The van der Waals surface area contributed by atoms with Gasteiger partial charge in [-0.15, -0.1) is 0 Å². The fraction of sp³-hybridized carbons (Fsp3) is 1.00. The van der Waals surface area contributed by atoms with Gasteiger partial charge in [-0.1, -0.05) is 6.92 Å². The van der Waals surface area contributed by atoms with Crippen molar-refractivity contribution in [3.05, 3.63) is 0 Å². The molecule has 0 spiro atoms. The first-order valence-electron chi connectivity index (χ1n) is 8.53. The second kappa shape index (κ2) is 6.53. The van der Waals surface area contributed by atoms with Crippen LogP contribution in [0.3, 0.4) is 0 Å². The van der Waals surface area contributed by atoms with Crippen LogP contribution in [0.15, 0.2) is 0 Å². The molecular formula is C17H34N2O2. The molecule has 0 aromatic heterocycles. The lowest BCUT2D eigenvalue weighted by molar-refractivity contribution is -0.0835. The van der Waals surface area contributed by atoms with E-state index in [1.165, 1.54) is 0 Å². The molecule has 2 rings (SSSR count). The Bertz CT molecular complexity index is 344. The summed E-state index contributed by atoms with van der Waals surface area (Å²) in [6.45, 7) is 18.3. The van der Waals surface area contributed by atoms with Crippen molar-refractivity contribution in [2.45, 2.75) is 71.2 Å². The summed E-state index contributed by atoms with van der Waals surface area (Å²) in [4.78, 5) is 2.57. The van der Waals surface area contributed by atoms with E-state index in [1.807, 2.05) is 0 Å². The average Bonchev–Trinajstić information content (AvgIpc) is 2.55. The van der Waals surface area contributed by atoms with Crippen molar-refractivity contribution in [3.8, 4) is 0 Å². The lowest BCUT2D eigenvalue weighted by atomic mass is 9.81. The number of nitrogens with zero attached hydrogens (tertiary/aromatic N) is 1. The minimum absolute atomic E-state index is 0.0903. The lowest BCUT2D eigenvalue weighted by Crippen LogP contribution is -2.54. The highest BCUT2D eigenvalue weighted by Gasteiger charge is 2.53. The second-order valence-corrected chi connectivity index (χ2v) is 7.77. The van der Waals surface area contributed by atoms with Crippen LogP contribution in [-0.4, -0.2) is 61.0 Å². The molecule has 3 unspecified atom stereocenters. The van der Waals surface area contributed by atoms with Crippen LogP contribution in [-0.2, 0) is 9.47 Å². The average molecular weight is 298 g/mol. The molecule has 0 amide bonds. The quantitative estimate of drug-likeness (QED) is 0.844. The number of rotatable bonds is 5. The van der Waals surface area contributed by atoms with Gasteiger partial charge in [0.05, 0.1) is 24.4 Å². The van der Waals surface area contributed by atoms with Gasteiger partial charge in [0.15, 0.2) is 0 Å². The Morgan fingerprint density at radius 3 is 2.52 bits per heavy atom. The van der Waals surface area contributed by atoms with Gasteiger partial charge in [-0.2, -0.15) is 0 Å². The van der Waals surface area contributed by atoms with E-state index in [0.717, 1.165) is 39.3 Å². The first kappa shape index (κ1) is 17.2. The predicted molar refractivity (Wildman–Crippen MR) is 86.7 cm³/mol. The third-order valence-corrected chi connectivity index (χ3v) is 5.12. The van der Waals surface area contributed by atoms with Crippen LogP contribution >= 0.6 is 0 Å². The molecule has 2 fully saturated rings. The highest BCUT2D eigenvalue weighted by molar-refractivity contribution is 5.06. The molecule has 2 aliphatic heterocycles. The molecule has 0 aromatic rings. The minimum Gasteiger partial charge on any atom is -0.379 e. The number of nitrogens with one attached hydrogen (secondary N) is 1. The summed E-state index contributed by atoms with van der Waals surface area (Å²) in [7, 11) is 0. The largest absolute Gasteiger partial charge is 0.379 e. The zero-order valence-electron chi connectivity index (χ0n) is 14.7. The predicted octanol–water partition coefficient (Wildman–Crippen LogP) is 2.28. The van der Waals surface area contributed by atoms with E-state index >= 15 is 0 Å². The van der Waals surface area contributed by atoms with Gasteiger partial charge in [-0.25, -0.2) is 0 Å². The lowest BCUT2D eigenvalue weighted by Gasteiger charge is -2.39. The summed E-state index contributed by atoms with van der Waals surface area (Å²) < 4.78 is 12.0. The summed E-state index contributed by atoms with van der Waals surface area (Å²) in [6, 6.07) is 0.910. The highest BCUT2D eigenvalue weighted by atomic mass is 16.5. The first-order valence-corrected chi connectivity index (χ1v) is 8.53. The van der Waals surface area contributed by atoms with Gasteiger partial charge < -0.3 is 14.8 Å². The summed E-state index contributed by atoms with van der Waals surface area (Å²) >= 11 is 0. The molecule has 0 bridgehead atoms. The fourth-order valence-electron chi connectivity index (χ4n) is 4.00. The fourth-order valence-corrected chi connectivity index (χ4v) is 4.00. The van der Waals surface area contributed by atoms with E-state index in [-0.39, 0.29) is 11.2 Å². The van der Waals surface area contributed by atoms with Crippen molar-refractivity contribution in [3.63, 3.8) is 0 Å². The Hall–Kier alpha value is -0.160. The molecule has 124 valence electrons. The Kier molecular flexibility index (Phi) is 5.35.